The van der Waals surface area contributed by atoms with Crippen LogP contribution >= 0.6 is 0 Å². The number of aryl methyl sites for hydroxylation is 1. The Bertz CT molecular complexity index is 1420. The van der Waals surface area contributed by atoms with E-state index < -0.39 is 27.7 Å². The number of hydrogen-bond donors (Lipinski definition) is 2. The monoisotopic (exact) mass is 493 g/mol. The molecule has 0 fully saturated rings. The highest BCUT2D eigenvalue weighted by molar-refractivity contribution is 7.92. The van der Waals surface area contributed by atoms with Gasteiger partial charge in [-0.1, -0.05) is 54.1 Å². The van der Waals surface area contributed by atoms with Crippen LogP contribution in [0.1, 0.15) is 54.7 Å². The van der Waals surface area contributed by atoms with Crippen molar-refractivity contribution < 1.29 is 23.1 Å². The van der Waals surface area contributed by atoms with E-state index in [0.717, 1.165) is 33.4 Å². The van der Waals surface area contributed by atoms with E-state index >= 15 is 0 Å². The molecule has 0 aliphatic carbocycles. The van der Waals surface area contributed by atoms with Crippen molar-refractivity contribution in [1.29, 1.82) is 0 Å². The van der Waals surface area contributed by atoms with E-state index in [-0.39, 0.29) is 5.75 Å². The van der Waals surface area contributed by atoms with Gasteiger partial charge in [-0.3, -0.25) is 4.72 Å². The van der Waals surface area contributed by atoms with Gasteiger partial charge in [0.05, 0.1) is 17.0 Å². The Morgan fingerprint density at radius 3 is 2.20 bits per heavy atom. The largest absolute Gasteiger partial charge is 0.479 e. The number of rotatable bonds is 4. The molecule has 1 heterocycles. The van der Waals surface area contributed by atoms with Gasteiger partial charge in [-0.25, -0.2) is 13.2 Å². The topological polar surface area (TPSA) is 92.7 Å². The first kappa shape index (κ1) is 24.9. The van der Waals surface area contributed by atoms with Gasteiger partial charge in [0.2, 0.25) is 10.0 Å². The maximum absolute atomic E-state index is 13.0. The number of carbonyl (C=O) groups is 1. The van der Waals surface area contributed by atoms with Crippen LogP contribution in [0.3, 0.4) is 0 Å². The summed E-state index contributed by atoms with van der Waals surface area (Å²) in [5, 5.41) is 10.3. The molecule has 3 aromatic carbocycles. The number of sulfonamides is 1. The molecule has 2 N–H and O–H groups in total. The lowest BCUT2D eigenvalue weighted by Crippen LogP contribution is -2.29. The zero-order valence-corrected chi connectivity index (χ0v) is 21.7. The van der Waals surface area contributed by atoms with Crippen molar-refractivity contribution in [3.8, 4) is 22.3 Å². The van der Waals surface area contributed by atoms with Gasteiger partial charge in [-0.2, -0.15) is 0 Å². The molecule has 0 bridgehead atoms. The number of benzene rings is 3. The second-order valence-corrected chi connectivity index (χ2v) is 11.8. The summed E-state index contributed by atoms with van der Waals surface area (Å²) in [6.07, 6.45) is -1.29. The summed E-state index contributed by atoms with van der Waals surface area (Å²) in [6.45, 7) is 11.1. The summed E-state index contributed by atoms with van der Waals surface area (Å²) in [5.74, 6) is -1.29. The van der Waals surface area contributed by atoms with Crippen molar-refractivity contribution >= 4 is 21.7 Å². The minimum absolute atomic E-state index is 0.160. The SMILES string of the molecule is Cc1ccc(-c2c(C)c3c(c(C)c2[C@H](OC(C)(C)C)C(=O)O)NS(=O)(=O)Cc2ccccc2-3)cc1. The van der Waals surface area contributed by atoms with Gasteiger partial charge in [0.1, 0.15) is 0 Å². The highest BCUT2D eigenvalue weighted by atomic mass is 32.2. The van der Waals surface area contributed by atoms with Crippen molar-refractivity contribution in [1.82, 2.24) is 0 Å². The molecule has 3 aromatic rings. The summed E-state index contributed by atoms with van der Waals surface area (Å²) in [4.78, 5) is 12.6. The van der Waals surface area contributed by atoms with Gasteiger partial charge >= 0.3 is 5.97 Å². The van der Waals surface area contributed by atoms with Crippen molar-refractivity contribution in [2.45, 2.75) is 59.0 Å². The van der Waals surface area contributed by atoms with Gasteiger partial charge in [0.15, 0.2) is 6.10 Å². The van der Waals surface area contributed by atoms with E-state index in [1.807, 2.05) is 62.4 Å². The number of anilines is 1. The molecule has 0 radical (unpaired) electrons. The standard InChI is InChI=1S/C28H31NO5S/c1-16-11-13-19(14-12-16)22-17(2)23-21-10-8-7-9-20(21)15-35(32,33)29-25(23)18(3)24(22)26(27(30)31)34-28(4,5)6/h7-14,26,29H,15H2,1-6H3,(H,30,31)/t26-/m0/s1. The average molecular weight is 494 g/mol. The average Bonchev–Trinajstić information content (AvgIpc) is 2.87. The minimum atomic E-state index is -3.70. The molecule has 0 unspecified atom stereocenters. The summed E-state index contributed by atoms with van der Waals surface area (Å²) >= 11 is 0. The predicted molar refractivity (Wildman–Crippen MR) is 139 cm³/mol. The number of fused-ring (bicyclic) bond motifs is 3. The summed E-state index contributed by atoms with van der Waals surface area (Å²) in [7, 11) is -3.70. The number of carboxylic acids is 1. The van der Waals surface area contributed by atoms with Gasteiger partial charge in [-0.15, -0.1) is 0 Å². The predicted octanol–water partition coefficient (Wildman–Crippen LogP) is 6.14. The number of aliphatic carboxylic acids is 1. The van der Waals surface area contributed by atoms with Gasteiger partial charge < -0.3 is 9.84 Å². The molecular formula is C28H31NO5S. The van der Waals surface area contributed by atoms with Crippen LogP contribution in [0.4, 0.5) is 5.69 Å². The van der Waals surface area contributed by atoms with Crippen molar-refractivity contribution in [2.75, 3.05) is 4.72 Å². The molecule has 1 aliphatic rings. The molecule has 1 aliphatic heterocycles. The fourth-order valence-electron chi connectivity index (χ4n) is 4.78. The fraction of sp³-hybridized carbons (Fsp3) is 0.321. The molecule has 35 heavy (non-hydrogen) atoms. The Morgan fingerprint density at radius 1 is 0.971 bits per heavy atom. The smallest absolute Gasteiger partial charge is 0.337 e. The van der Waals surface area contributed by atoms with E-state index in [1.54, 1.807) is 27.7 Å². The lowest BCUT2D eigenvalue weighted by Gasteiger charge is -2.30. The Morgan fingerprint density at radius 2 is 1.60 bits per heavy atom. The number of nitrogens with one attached hydrogen (secondary N) is 1. The molecule has 7 heteroatoms. The van der Waals surface area contributed by atoms with Gasteiger partial charge in [0, 0.05) is 11.1 Å². The van der Waals surface area contributed by atoms with E-state index in [9.17, 15) is 18.3 Å². The molecule has 0 amide bonds. The van der Waals surface area contributed by atoms with Crippen molar-refractivity contribution in [3.05, 3.63) is 76.3 Å². The summed E-state index contributed by atoms with van der Waals surface area (Å²) < 4.78 is 34.9. The molecule has 4 rings (SSSR count). The van der Waals surface area contributed by atoms with Crippen molar-refractivity contribution in [3.63, 3.8) is 0 Å². The van der Waals surface area contributed by atoms with Gasteiger partial charge in [0.25, 0.3) is 0 Å². The zero-order valence-electron chi connectivity index (χ0n) is 20.9. The Balaban J connectivity index is 2.17. The van der Waals surface area contributed by atoms with Crippen LogP contribution in [0, 0.1) is 20.8 Å². The lowest BCUT2D eigenvalue weighted by molar-refractivity contribution is -0.160. The number of hydrogen-bond acceptors (Lipinski definition) is 4. The second-order valence-electron chi connectivity index (χ2n) is 10.1. The normalized spacial score (nSPS) is 15.4. The Hall–Kier alpha value is -3.16. The van der Waals surface area contributed by atoms with Crippen LogP contribution in [0.5, 0.6) is 0 Å². The van der Waals surface area contributed by atoms with Crippen LogP contribution in [-0.4, -0.2) is 25.1 Å². The van der Waals surface area contributed by atoms with E-state index in [2.05, 4.69) is 4.72 Å². The molecule has 184 valence electrons. The third-order valence-corrected chi connectivity index (χ3v) is 7.44. The highest BCUT2D eigenvalue weighted by Crippen LogP contribution is 2.48. The zero-order chi connectivity index (χ0) is 25.7. The Labute approximate surface area is 207 Å². The third kappa shape index (κ3) is 4.83. The fourth-order valence-corrected chi connectivity index (χ4v) is 6.08. The number of ether oxygens (including phenoxy) is 1. The maximum atomic E-state index is 13.0. The molecular weight excluding hydrogens is 462 g/mol. The maximum Gasteiger partial charge on any atom is 0.337 e. The first-order valence-electron chi connectivity index (χ1n) is 11.5. The van der Waals surface area contributed by atoms with E-state index in [0.29, 0.717) is 22.4 Å². The molecule has 6 nitrogen and oxygen atoms in total. The third-order valence-electron chi connectivity index (χ3n) is 6.24. The first-order chi connectivity index (χ1) is 16.3. The molecule has 0 saturated heterocycles. The first-order valence-corrected chi connectivity index (χ1v) is 13.2. The van der Waals surface area contributed by atoms with Crippen LogP contribution in [0.25, 0.3) is 22.3 Å². The van der Waals surface area contributed by atoms with Crippen molar-refractivity contribution in [2.24, 2.45) is 0 Å². The lowest BCUT2D eigenvalue weighted by atomic mass is 9.81. The van der Waals surface area contributed by atoms with Crippen LogP contribution in [0.2, 0.25) is 0 Å². The minimum Gasteiger partial charge on any atom is -0.479 e. The quantitative estimate of drug-likeness (QED) is 0.455. The van der Waals surface area contributed by atoms with Crippen LogP contribution < -0.4 is 4.72 Å². The van der Waals surface area contributed by atoms with E-state index in [1.165, 1.54) is 0 Å². The number of carboxylic acid groups (broad SMARTS) is 1. The highest BCUT2D eigenvalue weighted by Gasteiger charge is 2.36. The molecule has 0 saturated carbocycles. The summed E-state index contributed by atoms with van der Waals surface area (Å²) in [5.41, 5.74) is 6.41. The van der Waals surface area contributed by atoms with Crippen LogP contribution in [-0.2, 0) is 25.3 Å². The molecule has 1 atom stereocenters. The Kier molecular flexibility index (Phi) is 6.28. The van der Waals surface area contributed by atoms with Gasteiger partial charge in [-0.05, 0) is 74.9 Å². The van der Waals surface area contributed by atoms with E-state index in [4.69, 9.17) is 4.74 Å². The molecule has 0 spiro atoms. The second kappa shape index (κ2) is 8.81. The molecule has 0 aromatic heterocycles. The summed E-state index contributed by atoms with van der Waals surface area (Å²) in [6, 6.07) is 15.4. The van der Waals surface area contributed by atoms with Crippen LogP contribution in [0.15, 0.2) is 48.5 Å².